The van der Waals surface area contributed by atoms with Gasteiger partial charge >= 0.3 is 22.3 Å². The number of hydrogen-bond donors (Lipinski definition) is 2. The van der Waals surface area contributed by atoms with Crippen LogP contribution >= 0.6 is 0 Å². The van der Waals surface area contributed by atoms with Gasteiger partial charge in [0.2, 0.25) is 0 Å². The minimum absolute atomic E-state index is 0.143. The first-order valence-electron chi connectivity index (χ1n) is 5.94. The van der Waals surface area contributed by atoms with Crippen LogP contribution in [0.15, 0.2) is 0 Å². The third-order valence-electron chi connectivity index (χ3n) is 4.10. The van der Waals surface area contributed by atoms with E-state index < -0.39 is 39.8 Å². The Balaban J connectivity index is 1.96. The van der Waals surface area contributed by atoms with E-state index in [1.54, 1.807) is 0 Å². The van der Waals surface area contributed by atoms with Crippen molar-refractivity contribution >= 4 is 22.3 Å². The Labute approximate surface area is 114 Å². The lowest BCUT2D eigenvalue weighted by Crippen LogP contribution is -2.70. The second kappa shape index (κ2) is 4.11. The highest BCUT2D eigenvalue weighted by Crippen LogP contribution is 2.47. The normalized spacial score (nSPS) is 31.6. The number of rotatable bonds is 3. The Morgan fingerprint density at radius 2 is 2.15 bits per heavy atom. The molecule has 112 valence electrons. The molecule has 3 rings (SSSR count). The lowest BCUT2D eigenvalue weighted by atomic mass is 9.71. The summed E-state index contributed by atoms with van der Waals surface area (Å²) < 4.78 is 40.0. The van der Waals surface area contributed by atoms with Crippen LogP contribution in [-0.4, -0.2) is 66.7 Å². The van der Waals surface area contributed by atoms with E-state index in [-0.39, 0.29) is 6.54 Å². The largest absolute Gasteiger partial charge is 0.418 e. The molecule has 3 fully saturated rings. The van der Waals surface area contributed by atoms with Crippen LogP contribution in [-0.2, 0) is 24.2 Å². The molecule has 3 amide bonds. The van der Waals surface area contributed by atoms with Crippen LogP contribution in [0, 0.1) is 5.41 Å². The minimum atomic E-state index is -4.81. The predicted octanol–water partition coefficient (Wildman–Crippen LogP) is -2.62. The maximum absolute atomic E-state index is 12.1. The van der Waals surface area contributed by atoms with Gasteiger partial charge in [-0.05, 0) is 6.42 Å². The number of carbonyl (C=O) groups is 2. The van der Waals surface area contributed by atoms with Crippen molar-refractivity contribution in [2.45, 2.75) is 18.5 Å². The first-order chi connectivity index (χ1) is 9.23. The highest BCUT2D eigenvalue weighted by Gasteiger charge is 2.63. The molecule has 0 aromatic heterocycles. The van der Waals surface area contributed by atoms with Gasteiger partial charge in [0.25, 0.3) is 0 Å². The summed E-state index contributed by atoms with van der Waals surface area (Å²) in [5, 5.41) is 0.626. The van der Waals surface area contributed by atoms with E-state index in [4.69, 9.17) is 9.29 Å². The van der Waals surface area contributed by atoms with E-state index in [9.17, 15) is 18.0 Å². The van der Waals surface area contributed by atoms with Gasteiger partial charge in [-0.25, -0.2) is 9.59 Å². The summed E-state index contributed by atoms with van der Waals surface area (Å²) in [6.45, 7) is 0.742. The van der Waals surface area contributed by atoms with E-state index in [1.807, 2.05) is 0 Å². The minimum Gasteiger partial charge on any atom is -0.380 e. The predicted molar refractivity (Wildman–Crippen MR) is 59.9 cm³/mol. The molecule has 3 aliphatic heterocycles. The van der Waals surface area contributed by atoms with Crippen LogP contribution in [0.3, 0.4) is 0 Å². The molecule has 4 N–H and O–H groups in total. The fourth-order valence-corrected chi connectivity index (χ4v) is 3.45. The second-order valence-corrected chi connectivity index (χ2v) is 6.32. The molecule has 3 heterocycles. The van der Waals surface area contributed by atoms with E-state index in [0.717, 1.165) is 0 Å². The van der Waals surface area contributed by atoms with Crippen LogP contribution in [0.25, 0.3) is 0 Å². The smallest absolute Gasteiger partial charge is 0.380 e. The van der Waals surface area contributed by atoms with Gasteiger partial charge in [0.05, 0.1) is 19.3 Å². The fraction of sp³-hybridized carbons (Fsp3) is 0.778. The topological polar surface area (TPSA) is 141 Å². The summed E-state index contributed by atoms with van der Waals surface area (Å²) in [5.41, 5.74) is 2.80. The summed E-state index contributed by atoms with van der Waals surface area (Å²) in [6, 6.07) is -2.07. The average molecular weight is 308 g/mol. The van der Waals surface area contributed by atoms with Crippen LogP contribution in [0.5, 0.6) is 0 Å². The summed E-state index contributed by atoms with van der Waals surface area (Å²) in [5.74, 6) is -0.420. The number of piperidine rings is 1. The number of hydroxylamine groups is 2. The van der Waals surface area contributed by atoms with Gasteiger partial charge in [-0.1, -0.05) is 0 Å². The van der Waals surface area contributed by atoms with E-state index in [2.05, 4.69) is 10.0 Å². The molecule has 10 nitrogen and oxygen atoms in total. The Kier molecular flexibility index (Phi) is 2.82. The number of nitrogens with zero attached hydrogens (tertiary/aromatic N) is 2. The van der Waals surface area contributed by atoms with Crippen LogP contribution in [0.2, 0.25) is 0 Å². The summed E-state index contributed by atoms with van der Waals surface area (Å²) in [7, 11) is -4.81. The summed E-state index contributed by atoms with van der Waals surface area (Å²) >= 11 is 0. The Hall–Kier alpha value is -1.27. The zero-order valence-corrected chi connectivity index (χ0v) is 11.2. The van der Waals surface area contributed by atoms with Gasteiger partial charge in [-0.15, -0.1) is 4.28 Å². The fourth-order valence-electron chi connectivity index (χ4n) is 3.08. The average Bonchev–Trinajstić information content (AvgIpc) is 2.53. The zero-order chi connectivity index (χ0) is 14.7. The van der Waals surface area contributed by atoms with Crippen molar-refractivity contribution in [1.82, 2.24) is 9.96 Å². The van der Waals surface area contributed by atoms with Crippen LogP contribution in [0.1, 0.15) is 6.42 Å². The van der Waals surface area contributed by atoms with E-state index >= 15 is 0 Å². The monoisotopic (exact) mass is 308 g/mol. The molecule has 2 atom stereocenters. The third-order valence-corrected chi connectivity index (χ3v) is 4.44. The van der Waals surface area contributed by atoms with Gasteiger partial charge in [0.15, 0.2) is 0 Å². The molecule has 3 aliphatic rings. The first kappa shape index (κ1) is 13.7. The van der Waals surface area contributed by atoms with Crippen molar-refractivity contribution in [3.63, 3.8) is 0 Å². The Morgan fingerprint density at radius 1 is 1.50 bits per heavy atom. The summed E-state index contributed by atoms with van der Waals surface area (Å²) in [6.07, 6.45) is 0.344. The van der Waals surface area contributed by atoms with Gasteiger partial charge in [-0.3, -0.25) is 10.3 Å². The number of amides is 3. The zero-order valence-electron chi connectivity index (χ0n) is 10.4. The molecule has 20 heavy (non-hydrogen) atoms. The van der Waals surface area contributed by atoms with Crippen molar-refractivity contribution in [1.29, 1.82) is 0 Å². The second-order valence-electron chi connectivity index (χ2n) is 5.32. The van der Waals surface area contributed by atoms with Crippen LogP contribution in [0.4, 0.5) is 4.79 Å². The molecule has 0 aromatic carbocycles. The van der Waals surface area contributed by atoms with Gasteiger partial charge in [0.1, 0.15) is 6.04 Å². The highest BCUT2D eigenvalue weighted by molar-refractivity contribution is 7.80. The van der Waals surface area contributed by atoms with Crippen molar-refractivity contribution in [2.24, 2.45) is 5.41 Å². The van der Waals surface area contributed by atoms with E-state index in [1.165, 1.54) is 4.90 Å². The number of quaternary nitrogens is 1. The summed E-state index contributed by atoms with van der Waals surface area (Å²) in [4.78, 5) is 24.9. The molecule has 2 bridgehead atoms. The standard InChI is InChI=1S/C9H13N3O7S/c10-7(13)5-1-9(3-18-4-9)6-2-11(5)8(14)12(6)19-20(15,16)17/h5-6H,1-4H2,(H2,10,13)(H,15,16,17)/p+1/t5-,6-/m0/s1. The van der Waals surface area contributed by atoms with Crippen LogP contribution < -0.4 is 5.73 Å². The van der Waals surface area contributed by atoms with Crippen molar-refractivity contribution in [3.8, 4) is 0 Å². The number of hydrogen-bond acceptors (Lipinski definition) is 6. The lowest BCUT2D eigenvalue weighted by molar-refractivity contribution is -0.314. The lowest BCUT2D eigenvalue weighted by Gasteiger charge is -2.49. The number of urea groups is 1. The highest BCUT2D eigenvalue weighted by atomic mass is 32.3. The van der Waals surface area contributed by atoms with Gasteiger partial charge < -0.3 is 9.64 Å². The molecular weight excluding hydrogens is 294 g/mol. The Bertz CT molecular complexity index is 572. The molecule has 0 saturated carbocycles. The number of carbonyl (C=O) groups excluding carboxylic acids is 2. The molecule has 11 heteroatoms. The quantitative estimate of drug-likeness (QED) is 0.544. The number of fused-ring (bicyclic) bond motifs is 3. The van der Waals surface area contributed by atoms with Crippen molar-refractivity contribution in [3.05, 3.63) is 0 Å². The van der Waals surface area contributed by atoms with Crippen molar-refractivity contribution < 1.29 is 37.3 Å². The molecular formula is C9H14N3O7S+. The van der Waals surface area contributed by atoms with Crippen molar-refractivity contribution in [2.75, 3.05) is 19.8 Å². The third kappa shape index (κ3) is 1.90. The van der Waals surface area contributed by atoms with Gasteiger partial charge in [0, 0.05) is 12.0 Å². The SMILES string of the molecule is [NH3+]C(=O)[C@@H]1CC2(COC2)[C@@H]2CN1C(=O)N2OS(=O)(=O)O. The molecule has 1 spiro atoms. The molecule has 0 radical (unpaired) electrons. The number of ether oxygens (including phenoxy) is 1. The van der Waals surface area contributed by atoms with E-state index in [0.29, 0.717) is 24.7 Å². The van der Waals surface area contributed by atoms with Gasteiger partial charge in [-0.2, -0.15) is 13.5 Å². The maximum Gasteiger partial charge on any atom is 0.418 e. The molecule has 0 aromatic rings. The molecule has 3 saturated heterocycles. The Morgan fingerprint density at radius 3 is 2.60 bits per heavy atom. The first-order valence-corrected chi connectivity index (χ1v) is 7.30. The molecule has 0 aliphatic carbocycles. The molecule has 0 unspecified atom stereocenters. The maximum atomic E-state index is 12.1.